The molecule has 0 aromatic carbocycles. The van der Waals surface area contributed by atoms with Crippen LogP contribution in [0.3, 0.4) is 0 Å². The largest absolute Gasteiger partial charge is 0.378 e. The smallest absolute Gasteiger partial charge is 0.224 e. The summed E-state index contributed by atoms with van der Waals surface area (Å²) in [6.45, 7) is 5.61. The first-order valence-electron chi connectivity index (χ1n) is 8.84. The van der Waals surface area contributed by atoms with E-state index in [-0.39, 0.29) is 5.91 Å². The third-order valence-electron chi connectivity index (χ3n) is 5.32. The summed E-state index contributed by atoms with van der Waals surface area (Å²) in [6, 6.07) is 0. The summed E-state index contributed by atoms with van der Waals surface area (Å²) >= 11 is 0. The highest BCUT2D eigenvalue weighted by molar-refractivity contribution is 5.76. The van der Waals surface area contributed by atoms with Crippen LogP contribution in [0.4, 0.5) is 0 Å². The molecular weight excluding hydrogens is 292 g/mol. The number of rotatable bonds is 4. The Bertz CT molecular complexity index is 588. The molecule has 1 saturated heterocycles. The molecule has 23 heavy (non-hydrogen) atoms. The van der Waals surface area contributed by atoms with Gasteiger partial charge in [0, 0.05) is 64.2 Å². The number of fused-ring (bicyclic) bond motifs is 1. The molecule has 126 valence electrons. The Kier molecular flexibility index (Phi) is 4.11. The van der Waals surface area contributed by atoms with Crippen LogP contribution in [0.15, 0.2) is 0 Å². The van der Waals surface area contributed by atoms with Crippen LogP contribution in [-0.4, -0.2) is 64.7 Å². The molecule has 1 aliphatic carbocycles. The lowest BCUT2D eigenvalue weighted by atomic mass is 10.1. The van der Waals surface area contributed by atoms with Gasteiger partial charge in [-0.05, 0) is 12.8 Å². The van der Waals surface area contributed by atoms with Gasteiger partial charge in [-0.3, -0.25) is 9.69 Å². The van der Waals surface area contributed by atoms with Crippen molar-refractivity contribution < 1.29 is 9.53 Å². The van der Waals surface area contributed by atoms with E-state index in [4.69, 9.17) is 9.72 Å². The van der Waals surface area contributed by atoms with Crippen molar-refractivity contribution >= 4 is 5.91 Å². The third-order valence-corrected chi connectivity index (χ3v) is 5.32. The molecular formula is C17H26N4O2. The Morgan fingerprint density at radius 3 is 2.78 bits per heavy atom. The van der Waals surface area contributed by atoms with E-state index in [1.54, 1.807) is 0 Å². The zero-order valence-electron chi connectivity index (χ0n) is 14.0. The standard InChI is InChI=1S/C17H26N4O2/c1-19-15-4-6-20(12-14(15)18-17(19)13-2-3-13)7-5-16(22)21-8-10-23-11-9-21/h13H,2-12H2,1H3. The second-order valence-electron chi connectivity index (χ2n) is 6.97. The minimum Gasteiger partial charge on any atom is -0.378 e. The Balaban J connectivity index is 1.33. The second-order valence-corrected chi connectivity index (χ2v) is 6.97. The maximum absolute atomic E-state index is 12.3. The molecule has 1 saturated carbocycles. The Labute approximate surface area is 137 Å². The zero-order valence-corrected chi connectivity index (χ0v) is 14.0. The molecule has 1 amide bonds. The zero-order chi connectivity index (χ0) is 15.8. The lowest BCUT2D eigenvalue weighted by Gasteiger charge is -2.29. The number of nitrogens with zero attached hydrogens (tertiary/aromatic N) is 4. The normalized spacial score (nSPS) is 22.2. The number of morpholine rings is 1. The first kappa shape index (κ1) is 15.1. The number of aromatic nitrogens is 2. The van der Waals surface area contributed by atoms with Gasteiger partial charge < -0.3 is 14.2 Å². The second kappa shape index (κ2) is 6.24. The maximum Gasteiger partial charge on any atom is 0.224 e. The van der Waals surface area contributed by atoms with Gasteiger partial charge in [-0.1, -0.05) is 0 Å². The fraction of sp³-hybridized carbons (Fsp3) is 0.765. The summed E-state index contributed by atoms with van der Waals surface area (Å²) in [7, 11) is 2.16. The van der Waals surface area contributed by atoms with Crippen LogP contribution in [0, 0.1) is 0 Å². The van der Waals surface area contributed by atoms with E-state index in [1.165, 1.54) is 30.1 Å². The van der Waals surface area contributed by atoms with E-state index >= 15 is 0 Å². The molecule has 2 fully saturated rings. The van der Waals surface area contributed by atoms with E-state index in [0.717, 1.165) is 39.1 Å². The van der Waals surface area contributed by atoms with Crippen LogP contribution in [0.5, 0.6) is 0 Å². The lowest BCUT2D eigenvalue weighted by Crippen LogP contribution is -2.42. The Hall–Kier alpha value is -1.40. The van der Waals surface area contributed by atoms with Gasteiger partial charge in [0.25, 0.3) is 0 Å². The average molecular weight is 318 g/mol. The predicted octanol–water partition coefficient (Wildman–Crippen LogP) is 0.905. The summed E-state index contributed by atoms with van der Waals surface area (Å²) in [4.78, 5) is 21.5. The van der Waals surface area contributed by atoms with Crippen LogP contribution >= 0.6 is 0 Å². The highest BCUT2D eigenvalue weighted by atomic mass is 16.5. The maximum atomic E-state index is 12.3. The topological polar surface area (TPSA) is 50.6 Å². The molecule has 0 bridgehead atoms. The quantitative estimate of drug-likeness (QED) is 0.828. The van der Waals surface area contributed by atoms with Gasteiger partial charge in [-0.15, -0.1) is 0 Å². The van der Waals surface area contributed by atoms with Crippen molar-refractivity contribution in [3.63, 3.8) is 0 Å². The van der Waals surface area contributed by atoms with Crippen molar-refractivity contribution in [3.8, 4) is 0 Å². The van der Waals surface area contributed by atoms with Gasteiger partial charge >= 0.3 is 0 Å². The lowest BCUT2D eigenvalue weighted by molar-refractivity contribution is -0.135. The number of imidazole rings is 1. The summed E-state index contributed by atoms with van der Waals surface area (Å²) in [5.74, 6) is 2.24. The fourth-order valence-electron chi connectivity index (χ4n) is 3.73. The Morgan fingerprint density at radius 1 is 1.26 bits per heavy atom. The molecule has 0 radical (unpaired) electrons. The third kappa shape index (κ3) is 3.15. The molecule has 2 aliphatic heterocycles. The highest BCUT2D eigenvalue weighted by Crippen LogP contribution is 2.40. The number of amides is 1. The molecule has 1 aromatic rings. The van der Waals surface area contributed by atoms with E-state index < -0.39 is 0 Å². The minimum atomic E-state index is 0.263. The number of carbonyl (C=O) groups excluding carboxylic acids is 1. The van der Waals surface area contributed by atoms with E-state index in [2.05, 4.69) is 16.5 Å². The number of carbonyl (C=O) groups is 1. The average Bonchev–Trinajstić information content (AvgIpc) is 3.38. The van der Waals surface area contributed by atoms with Gasteiger partial charge in [0.05, 0.1) is 18.9 Å². The molecule has 0 spiro atoms. The molecule has 0 N–H and O–H groups in total. The molecule has 1 aromatic heterocycles. The van der Waals surface area contributed by atoms with Gasteiger partial charge in [0.2, 0.25) is 5.91 Å². The van der Waals surface area contributed by atoms with Gasteiger partial charge in [-0.2, -0.15) is 0 Å². The predicted molar refractivity (Wildman–Crippen MR) is 86.2 cm³/mol. The number of hydrogen-bond donors (Lipinski definition) is 0. The minimum absolute atomic E-state index is 0.263. The molecule has 0 unspecified atom stereocenters. The molecule has 0 atom stereocenters. The van der Waals surface area contributed by atoms with Crippen molar-refractivity contribution in [2.45, 2.75) is 38.1 Å². The fourth-order valence-corrected chi connectivity index (χ4v) is 3.73. The summed E-state index contributed by atoms with van der Waals surface area (Å²) < 4.78 is 7.63. The van der Waals surface area contributed by atoms with Gasteiger partial charge in [0.15, 0.2) is 0 Å². The van der Waals surface area contributed by atoms with Crippen molar-refractivity contribution in [1.29, 1.82) is 0 Å². The molecule has 3 heterocycles. The SMILES string of the molecule is Cn1c(C2CC2)nc2c1CCN(CCC(=O)N1CCOCC1)C2. The Morgan fingerprint density at radius 2 is 2.04 bits per heavy atom. The summed E-state index contributed by atoms with van der Waals surface area (Å²) in [6.07, 6.45) is 4.25. The van der Waals surface area contributed by atoms with Crippen LogP contribution in [0.25, 0.3) is 0 Å². The highest BCUT2D eigenvalue weighted by Gasteiger charge is 2.31. The number of ether oxygens (including phenoxy) is 1. The van der Waals surface area contributed by atoms with E-state index in [1.807, 2.05) is 4.90 Å². The van der Waals surface area contributed by atoms with Crippen LogP contribution in [0.1, 0.15) is 42.4 Å². The van der Waals surface area contributed by atoms with Crippen LogP contribution in [0.2, 0.25) is 0 Å². The molecule has 3 aliphatic rings. The summed E-state index contributed by atoms with van der Waals surface area (Å²) in [5, 5.41) is 0. The summed E-state index contributed by atoms with van der Waals surface area (Å²) in [5.41, 5.74) is 2.64. The van der Waals surface area contributed by atoms with Crippen LogP contribution < -0.4 is 0 Å². The first-order valence-corrected chi connectivity index (χ1v) is 8.84. The van der Waals surface area contributed by atoms with Crippen LogP contribution in [-0.2, 0) is 29.5 Å². The first-order chi connectivity index (χ1) is 11.2. The number of hydrogen-bond acceptors (Lipinski definition) is 4. The monoisotopic (exact) mass is 318 g/mol. The van der Waals surface area contributed by atoms with Gasteiger partial charge in [0.1, 0.15) is 5.82 Å². The van der Waals surface area contributed by atoms with E-state index in [9.17, 15) is 4.79 Å². The van der Waals surface area contributed by atoms with Gasteiger partial charge in [-0.25, -0.2) is 4.98 Å². The van der Waals surface area contributed by atoms with Crippen molar-refractivity contribution in [1.82, 2.24) is 19.4 Å². The van der Waals surface area contributed by atoms with Crippen molar-refractivity contribution in [2.24, 2.45) is 7.05 Å². The molecule has 6 heteroatoms. The molecule has 4 rings (SSSR count). The van der Waals surface area contributed by atoms with Crippen molar-refractivity contribution in [2.75, 3.05) is 39.4 Å². The van der Waals surface area contributed by atoms with E-state index in [0.29, 0.717) is 25.6 Å². The molecule has 6 nitrogen and oxygen atoms in total. The van der Waals surface area contributed by atoms with Crippen molar-refractivity contribution in [3.05, 3.63) is 17.2 Å².